The summed E-state index contributed by atoms with van der Waals surface area (Å²) >= 11 is 1.86. The molecule has 0 N–H and O–H groups in total. The Morgan fingerprint density at radius 1 is 0.878 bits per heavy atom. The number of nitrogens with zero attached hydrogens (tertiary/aromatic N) is 2. The van der Waals surface area contributed by atoms with E-state index in [4.69, 9.17) is 9.47 Å². The standard InChI is InChI=1S/C35H38N2O3S/c1-39-30-17-15-27(16-18-30)34-25-32(29-14-13-26-8-2-3-9-28(26)24-29)37(31-10-4-5-11-33(31)41-34)35(38)12-6-7-19-36-20-22-40-23-21-36/h2-5,8-11,13-18,24,32,34H,6-7,12,19-23,25H2,1H3. The van der Waals surface area contributed by atoms with Crippen molar-refractivity contribution in [3.8, 4) is 5.75 Å². The number of hydrogen-bond donors (Lipinski definition) is 0. The summed E-state index contributed by atoms with van der Waals surface area (Å²) in [7, 11) is 1.70. The first-order valence-electron chi connectivity index (χ1n) is 14.7. The van der Waals surface area contributed by atoms with Crippen LogP contribution in [0.5, 0.6) is 5.75 Å². The molecular formula is C35H38N2O3S. The van der Waals surface area contributed by atoms with Gasteiger partial charge in [-0.05, 0) is 78.0 Å². The molecule has 212 valence electrons. The van der Waals surface area contributed by atoms with Crippen LogP contribution in [-0.4, -0.2) is 50.8 Å². The van der Waals surface area contributed by atoms with Crippen molar-refractivity contribution in [1.82, 2.24) is 4.90 Å². The molecule has 1 amide bonds. The lowest BCUT2D eigenvalue weighted by Gasteiger charge is -2.33. The molecule has 6 heteroatoms. The number of morpholine rings is 1. The highest BCUT2D eigenvalue weighted by molar-refractivity contribution is 7.99. The number of anilines is 1. The van der Waals surface area contributed by atoms with E-state index >= 15 is 0 Å². The van der Waals surface area contributed by atoms with E-state index in [1.54, 1.807) is 7.11 Å². The zero-order valence-corrected chi connectivity index (χ0v) is 24.5. The predicted octanol–water partition coefficient (Wildman–Crippen LogP) is 7.66. The fourth-order valence-corrected chi connectivity index (χ4v) is 7.34. The number of rotatable bonds is 8. The monoisotopic (exact) mass is 566 g/mol. The highest BCUT2D eigenvalue weighted by atomic mass is 32.2. The van der Waals surface area contributed by atoms with Crippen molar-refractivity contribution in [2.75, 3.05) is 44.9 Å². The van der Waals surface area contributed by atoms with E-state index in [0.717, 1.165) is 68.4 Å². The van der Waals surface area contributed by atoms with E-state index in [0.29, 0.717) is 6.42 Å². The summed E-state index contributed by atoms with van der Waals surface area (Å²) in [6.45, 7) is 4.62. The number of ether oxygens (including phenoxy) is 2. The van der Waals surface area contributed by atoms with Crippen LogP contribution < -0.4 is 9.64 Å². The van der Waals surface area contributed by atoms with E-state index in [2.05, 4.69) is 88.7 Å². The van der Waals surface area contributed by atoms with Crippen molar-refractivity contribution in [1.29, 1.82) is 0 Å². The lowest BCUT2D eigenvalue weighted by atomic mass is 9.94. The largest absolute Gasteiger partial charge is 0.497 e. The van der Waals surface area contributed by atoms with E-state index < -0.39 is 0 Å². The summed E-state index contributed by atoms with van der Waals surface area (Å²) < 4.78 is 10.9. The normalized spacial score (nSPS) is 19.5. The van der Waals surface area contributed by atoms with Crippen LogP contribution in [-0.2, 0) is 9.53 Å². The second-order valence-corrected chi connectivity index (χ2v) is 12.1. The summed E-state index contributed by atoms with van der Waals surface area (Å²) in [4.78, 5) is 19.9. The van der Waals surface area contributed by atoms with E-state index in [-0.39, 0.29) is 17.2 Å². The van der Waals surface area contributed by atoms with Crippen molar-refractivity contribution < 1.29 is 14.3 Å². The van der Waals surface area contributed by atoms with Crippen LogP contribution in [0.25, 0.3) is 10.8 Å². The Balaban J connectivity index is 1.33. The van der Waals surface area contributed by atoms with Gasteiger partial charge in [0.2, 0.25) is 5.91 Å². The van der Waals surface area contributed by atoms with Crippen molar-refractivity contribution in [3.05, 3.63) is 102 Å². The predicted molar refractivity (Wildman–Crippen MR) is 168 cm³/mol. The van der Waals surface area contributed by atoms with Crippen molar-refractivity contribution in [3.63, 3.8) is 0 Å². The number of unbranched alkanes of at least 4 members (excludes halogenated alkanes) is 1. The number of carbonyl (C=O) groups is 1. The van der Waals surface area contributed by atoms with Crippen LogP contribution >= 0.6 is 11.8 Å². The molecule has 0 radical (unpaired) electrons. The Kier molecular flexibility index (Phi) is 8.90. The molecule has 41 heavy (non-hydrogen) atoms. The van der Waals surface area contributed by atoms with Gasteiger partial charge in [-0.25, -0.2) is 0 Å². The molecule has 0 saturated carbocycles. The summed E-state index contributed by atoms with van der Waals surface area (Å²) in [5, 5.41) is 2.61. The number of methoxy groups -OCH3 is 1. The Hall–Kier alpha value is -3.32. The van der Waals surface area contributed by atoms with Crippen molar-refractivity contribution >= 4 is 34.1 Å². The van der Waals surface area contributed by atoms with E-state index in [1.165, 1.54) is 21.9 Å². The summed E-state index contributed by atoms with van der Waals surface area (Å²) in [5.41, 5.74) is 3.45. The average molecular weight is 567 g/mol. The fourth-order valence-electron chi connectivity index (χ4n) is 6.02. The molecule has 0 aromatic heterocycles. The van der Waals surface area contributed by atoms with Crippen LogP contribution in [0.1, 0.15) is 48.1 Å². The first-order valence-corrected chi connectivity index (χ1v) is 15.6. The minimum atomic E-state index is -0.0744. The van der Waals surface area contributed by atoms with E-state index in [9.17, 15) is 4.79 Å². The maximum absolute atomic E-state index is 14.2. The Bertz CT molecular complexity index is 1470. The molecular weight excluding hydrogens is 528 g/mol. The van der Waals surface area contributed by atoms with Gasteiger partial charge >= 0.3 is 0 Å². The van der Waals surface area contributed by atoms with Crippen LogP contribution in [0.2, 0.25) is 0 Å². The summed E-state index contributed by atoms with van der Waals surface area (Å²) in [6.07, 6.45) is 3.27. The number of thioether (sulfide) groups is 1. The first kappa shape index (κ1) is 27.8. The number of benzene rings is 4. The third kappa shape index (κ3) is 6.45. The first-order chi connectivity index (χ1) is 20.2. The minimum Gasteiger partial charge on any atom is -0.497 e. The van der Waals surface area contributed by atoms with Crippen molar-refractivity contribution in [2.45, 2.75) is 41.9 Å². The van der Waals surface area contributed by atoms with Gasteiger partial charge in [-0.1, -0.05) is 60.7 Å². The van der Waals surface area contributed by atoms with Gasteiger partial charge in [-0.3, -0.25) is 9.69 Å². The second kappa shape index (κ2) is 13.1. The van der Waals surface area contributed by atoms with Gasteiger partial charge in [0, 0.05) is 29.7 Å². The molecule has 0 aliphatic carbocycles. The third-order valence-electron chi connectivity index (χ3n) is 8.28. The number of amides is 1. The number of para-hydroxylation sites is 1. The van der Waals surface area contributed by atoms with Crippen LogP contribution in [0, 0.1) is 0 Å². The zero-order chi connectivity index (χ0) is 28.0. The molecule has 0 bridgehead atoms. The summed E-state index contributed by atoms with van der Waals surface area (Å²) in [6, 6.07) is 31.9. The van der Waals surface area contributed by atoms with Gasteiger partial charge in [-0.2, -0.15) is 0 Å². The van der Waals surface area contributed by atoms with Crippen LogP contribution in [0.3, 0.4) is 0 Å². The lowest BCUT2D eigenvalue weighted by molar-refractivity contribution is -0.119. The number of carbonyl (C=O) groups excluding carboxylic acids is 1. The second-order valence-electron chi connectivity index (χ2n) is 10.9. The number of hydrogen-bond acceptors (Lipinski definition) is 5. The maximum Gasteiger partial charge on any atom is 0.227 e. The molecule has 1 fully saturated rings. The quantitative estimate of drug-likeness (QED) is 0.205. The van der Waals surface area contributed by atoms with Crippen molar-refractivity contribution in [2.24, 2.45) is 0 Å². The third-order valence-corrected chi connectivity index (χ3v) is 9.62. The van der Waals surface area contributed by atoms with Gasteiger partial charge in [-0.15, -0.1) is 11.8 Å². The molecule has 4 aromatic rings. The minimum absolute atomic E-state index is 0.0744. The molecule has 1 saturated heterocycles. The Morgan fingerprint density at radius 2 is 1.61 bits per heavy atom. The van der Waals surface area contributed by atoms with Crippen LogP contribution in [0.15, 0.2) is 95.9 Å². The van der Waals surface area contributed by atoms with Crippen LogP contribution in [0.4, 0.5) is 5.69 Å². The maximum atomic E-state index is 14.2. The molecule has 2 aliphatic heterocycles. The highest BCUT2D eigenvalue weighted by Crippen LogP contribution is 2.51. The molecule has 5 nitrogen and oxygen atoms in total. The molecule has 4 aromatic carbocycles. The Morgan fingerprint density at radius 3 is 2.41 bits per heavy atom. The molecule has 6 rings (SSSR count). The van der Waals surface area contributed by atoms with Gasteiger partial charge in [0.1, 0.15) is 5.75 Å². The SMILES string of the molecule is COc1ccc(C2CC(c3ccc4ccccc4c3)N(C(=O)CCCCN3CCOCC3)c3ccccc3S2)cc1. The highest BCUT2D eigenvalue weighted by Gasteiger charge is 2.35. The van der Waals surface area contributed by atoms with E-state index in [1.807, 2.05) is 23.9 Å². The molecule has 2 atom stereocenters. The molecule has 2 aliphatic rings. The molecule has 2 unspecified atom stereocenters. The topological polar surface area (TPSA) is 42.0 Å². The molecule has 2 heterocycles. The van der Waals surface area contributed by atoms with Gasteiger partial charge in [0.25, 0.3) is 0 Å². The fraction of sp³-hybridized carbons (Fsp3) is 0.343. The van der Waals surface area contributed by atoms with Gasteiger partial charge < -0.3 is 14.4 Å². The lowest BCUT2D eigenvalue weighted by Crippen LogP contribution is -2.37. The summed E-state index contributed by atoms with van der Waals surface area (Å²) in [5.74, 6) is 1.06. The Labute approximate surface area is 247 Å². The number of fused-ring (bicyclic) bond motifs is 2. The van der Waals surface area contributed by atoms with Gasteiger partial charge in [0.05, 0.1) is 32.1 Å². The molecule has 0 spiro atoms. The van der Waals surface area contributed by atoms with Gasteiger partial charge in [0.15, 0.2) is 0 Å². The smallest absolute Gasteiger partial charge is 0.227 e. The zero-order valence-electron chi connectivity index (χ0n) is 23.7. The average Bonchev–Trinajstić information content (AvgIpc) is 3.21.